The van der Waals surface area contributed by atoms with E-state index >= 15 is 4.39 Å². The van der Waals surface area contributed by atoms with Crippen molar-refractivity contribution in [1.82, 2.24) is 10.2 Å². The van der Waals surface area contributed by atoms with Crippen LogP contribution in [0.25, 0.3) is 0 Å². The molecular formula is C32H40FN3O7. The first-order valence-electron chi connectivity index (χ1n) is 15.0. The molecule has 43 heavy (non-hydrogen) atoms. The molecule has 0 spiro atoms. The number of halogens is 1. The molecule has 6 aliphatic rings. The van der Waals surface area contributed by atoms with E-state index in [9.17, 15) is 34.8 Å². The summed E-state index contributed by atoms with van der Waals surface area (Å²) in [4.78, 5) is 40.7. The Balaban J connectivity index is 1.32. The third-order valence-electron chi connectivity index (χ3n) is 11.5. The lowest BCUT2D eigenvalue weighted by atomic mass is 9.45. The Morgan fingerprint density at radius 3 is 2.44 bits per heavy atom. The average molecular weight is 598 g/mol. The molecule has 3 saturated carbocycles. The van der Waals surface area contributed by atoms with Crippen molar-refractivity contribution in [3.8, 4) is 5.75 Å². The van der Waals surface area contributed by atoms with Crippen molar-refractivity contribution < 1.29 is 39.2 Å². The summed E-state index contributed by atoms with van der Waals surface area (Å²) in [5.74, 6) is -6.26. The number of nitrogens with one attached hydrogen (secondary N) is 1. The maximum absolute atomic E-state index is 16.0. The highest BCUT2D eigenvalue weighted by molar-refractivity contribution is 6.24. The van der Waals surface area contributed by atoms with Crippen molar-refractivity contribution in [1.29, 1.82) is 0 Å². The number of amides is 1. The number of benzene rings is 1. The predicted molar refractivity (Wildman–Crippen MR) is 153 cm³/mol. The van der Waals surface area contributed by atoms with Crippen LogP contribution in [0.1, 0.15) is 61.0 Å². The average Bonchev–Trinajstić information content (AvgIpc) is 2.92. The van der Waals surface area contributed by atoms with E-state index in [0.29, 0.717) is 17.3 Å². The lowest BCUT2D eigenvalue weighted by Gasteiger charge is -2.60. The first-order valence-corrected chi connectivity index (χ1v) is 15.0. The van der Waals surface area contributed by atoms with Crippen molar-refractivity contribution in [3.05, 3.63) is 51.2 Å². The topological polar surface area (TPSA) is 173 Å². The molecule has 0 heterocycles. The van der Waals surface area contributed by atoms with E-state index in [0.717, 1.165) is 18.9 Å². The quantitative estimate of drug-likeness (QED) is 0.269. The van der Waals surface area contributed by atoms with Gasteiger partial charge in [-0.2, -0.15) is 0 Å². The number of phenols is 1. The number of fused-ring (bicyclic) bond motifs is 5. The van der Waals surface area contributed by atoms with Crippen LogP contribution >= 0.6 is 0 Å². The fourth-order valence-corrected chi connectivity index (χ4v) is 9.08. The lowest BCUT2D eigenvalue weighted by Crippen LogP contribution is -2.63. The molecule has 7 N–H and O–H groups in total. The molecule has 0 saturated heterocycles. The van der Waals surface area contributed by atoms with E-state index in [1.54, 1.807) is 14.1 Å². The summed E-state index contributed by atoms with van der Waals surface area (Å²) >= 11 is 0. The van der Waals surface area contributed by atoms with E-state index in [1.807, 2.05) is 0 Å². The maximum Gasteiger partial charge on any atom is 0.255 e. The summed E-state index contributed by atoms with van der Waals surface area (Å²) in [6.45, 7) is 5.54. The van der Waals surface area contributed by atoms with Crippen LogP contribution in [0.5, 0.6) is 5.75 Å². The number of phenolic OH excluding ortho intramolecular Hbond substituents is 1. The van der Waals surface area contributed by atoms with E-state index in [-0.39, 0.29) is 41.6 Å². The summed E-state index contributed by atoms with van der Waals surface area (Å²) < 4.78 is 16.0. The SMILES string of the molecule is CN(C)[C@@H]1C(O)=C(C(N)=O)C(=O)[C@@]2(O)C(O)=C3C(=O)c4c(O)cc(CNC[C@H]5CCC6CC5C6(C)C)c(F)c4C[C@H]3C[C@@H]12. The molecule has 6 aliphatic carbocycles. The molecule has 7 atom stereocenters. The van der Waals surface area contributed by atoms with E-state index in [2.05, 4.69) is 19.2 Å². The van der Waals surface area contributed by atoms with Gasteiger partial charge in [0.2, 0.25) is 5.78 Å². The zero-order valence-electron chi connectivity index (χ0n) is 24.9. The largest absolute Gasteiger partial charge is 0.510 e. The normalized spacial score (nSPS) is 34.5. The fraction of sp³-hybridized carbons (Fsp3) is 0.594. The Kier molecular flexibility index (Phi) is 6.83. The Labute approximate surface area is 249 Å². The number of carbonyl (C=O) groups is 3. The number of allylic oxidation sites excluding steroid dienone is 1. The standard InChI is InChI=1S/C32H40FN3O7/c1-31(2)16-6-5-13(18(31)10-16)11-35-12-15-9-20(37)22-17(24(15)33)7-14-8-19-25(36(3)4)27(39)23(30(34)42)29(41)32(19,43)28(40)21(14)26(22)38/h9,13-14,16,18-19,25,35,37,39-40,43H,5-8,10-12H2,1-4H3,(H2,34,42)/t13-,14+,16?,18?,19+,25+,32+/m1/s1. The third-order valence-corrected chi connectivity index (χ3v) is 11.5. The maximum atomic E-state index is 16.0. The Morgan fingerprint density at radius 1 is 1.14 bits per heavy atom. The molecular weight excluding hydrogens is 557 g/mol. The number of ketones is 2. The van der Waals surface area contributed by atoms with Crippen molar-refractivity contribution in [2.24, 2.45) is 40.7 Å². The van der Waals surface area contributed by atoms with Crippen LogP contribution in [0.15, 0.2) is 28.7 Å². The van der Waals surface area contributed by atoms with Crippen molar-refractivity contribution >= 4 is 17.5 Å². The smallest absolute Gasteiger partial charge is 0.255 e. The first-order chi connectivity index (χ1) is 20.1. The number of nitrogens with zero attached hydrogens (tertiary/aromatic N) is 1. The van der Waals surface area contributed by atoms with Gasteiger partial charge in [-0.05, 0) is 87.9 Å². The molecule has 1 aromatic carbocycles. The molecule has 1 amide bonds. The van der Waals surface area contributed by atoms with Gasteiger partial charge in [0.05, 0.1) is 11.6 Å². The number of aliphatic hydroxyl groups excluding tert-OH is 2. The molecule has 232 valence electrons. The van der Waals surface area contributed by atoms with Crippen molar-refractivity contribution in [2.45, 2.75) is 64.1 Å². The zero-order chi connectivity index (χ0) is 31.3. The molecule has 1 aromatic rings. The van der Waals surface area contributed by atoms with Crippen molar-refractivity contribution in [3.63, 3.8) is 0 Å². The summed E-state index contributed by atoms with van der Waals surface area (Å²) in [6, 6.07) is 0.108. The van der Waals surface area contributed by atoms with Gasteiger partial charge in [-0.3, -0.25) is 19.3 Å². The monoisotopic (exact) mass is 597 g/mol. The number of hydrogen-bond acceptors (Lipinski definition) is 9. The number of carbonyl (C=O) groups excluding carboxylic acids is 3. The van der Waals surface area contributed by atoms with Crippen LogP contribution in [-0.4, -0.2) is 75.1 Å². The second-order valence-electron chi connectivity index (χ2n) is 14.0. The second-order valence-corrected chi connectivity index (χ2v) is 14.0. The van der Waals surface area contributed by atoms with E-state index in [4.69, 9.17) is 5.73 Å². The summed E-state index contributed by atoms with van der Waals surface area (Å²) in [6.07, 6.45) is 3.39. The Morgan fingerprint density at radius 2 is 1.84 bits per heavy atom. The molecule has 2 bridgehead atoms. The van der Waals surface area contributed by atoms with Gasteiger partial charge in [-0.1, -0.05) is 13.8 Å². The van der Waals surface area contributed by atoms with Gasteiger partial charge >= 0.3 is 0 Å². The molecule has 0 aromatic heterocycles. The highest BCUT2D eigenvalue weighted by atomic mass is 19.1. The van der Waals surface area contributed by atoms with Gasteiger partial charge in [-0.15, -0.1) is 0 Å². The number of aliphatic hydroxyl groups is 3. The fourth-order valence-electron chi connectivity index (χ4n) is 9.08. The Hall–Kier alpha value is -3.28. The van der Waals surface area contributed by atoms with Crippen LogP contribution in [0, 0.1) is 40.8 Å². The number of aromatic hydroxyl groups is 1. The van der Waals surface area contributed by atoms with Gasteiger partial charge in [0.15, 0.2) is 11.4 Å². The molecule has 0 radical (unpaired) electrons. The number of nitrogens with two attached hydrogens (primary N) is 1. The van der Waals surface area contributed by atoms with Gasteiger partial charge < -0.3 is 31.5 Å². The molecule has 11 heteroatoms. The van der Waals surface area contributed by atoms with Gasteiger partial charge in [-0.25, -0.2) is 4.39 Å². The molecule has 0 aliphatic heterocycles. The zero-order valence-corrected chi connectivity index (χ0v) is 24.9. The number of primary amides is 1. The first kappa shape index (κ1) is 29.8. The van der Waals surface area contributed by atoms with Crippen LogP contribution in [0.2, 0.25) is 0 Å². The van der Waals surface area contributed by atoms with E-state index in [1.165, 1.54) is 23.8 Å². The molecule has 10 nitrogen and oxygen atoms in total. The van der Waals surface area contributed by atoms with Gasteiger partial charge in [0.25, 0.3) is 5.91 Å². The second kappa shape index (κ2) is 9.87. The van der Waals surface area contributed by atoms with Gasteiger partial charge in [0.1, 0.15) is 28.7 Å². The van der Waals surface area contributed by atoms with Crippen LogP contribution in [0.3, 0.4) is 0 Å². The van der Waals surface area contributed by atoms with E-state index < -0.39 is 69.6 Å². The molecule has 2 unspecified atom stereocenters. The highest BCUT2D eigenvalue weighted by Gasteiger charge is 2.63. The minimum atomic E-state index is -2.73. The summed E-state index contributed by atoms with van der Waals surface area (Å²) in [7, 11) is 3.11. The number of rotatable bonds is 6. The third kappa shape index (κ3) is 4.04. The Bertz CT molecular complexity index is 1510. The van der Waals surface area contributed by atoms with Crippen LogP contribution in [0.4, 0.5) is 4.39 Å². The summed E-state index contributed by atoms with van der Waals surface area (Å²) in [5.41, 5.74) is 1.69. The highest BCUT2D eigenvalue weighted by Crippen LogP contribution is 2.61. The minimum absolute atomic E-state index is 0.00977. The minimum Gasteiger partial charge on any atom is -0.510 e. The predicted octanol–water partition coefficient (Wildman–Crippen LogP) is 2.42. The van der Waals surface area contributed by atoms with Gasteiger partial charge in [0, 0.05) is 29.2 Å². The number of likely N-dealkylation sites (N-methyl/N-ethyl adjacent to an activating group) is 1. The van der Waals surface area contributed by atoms with Crippen molar-refractivity contribution in [2.75, 3.05) is 20.6 Å². The van der Waals surface area contributed by atoms with Crippen LogP contribution in [-0.2, 0) is 22.6 Å². The molecule has 7 rings (SSSR count). The molecule has 3 fully saturated rings. The summed E-state index contributed by atoms with van der Waals surface area (Å²) in [5, 5.41) is 48.2. The lowest BCUT2D eigenvalue weighted by molar-refractivity contribution is -0.148. The number of Topliss-reactive ketones (excluding diaryl/α,β-unsaturated/α-hetero) is 2. The number of hydrogen-bond donors (Lipinski definition) is 6. The van der Waals surface area contributed by atoms with Crippen LogP contribution < -0.4 is 11.1 Å².